The van der Waals surface area contributed by atoms with Crippen molar-refractivity contribution in [2.75, 3.05) is 51.7 Å². The fourth-order valence-corrected chi connectivity index (χ4v) is 5.81. The number of nitrogens with one attached hydrogen (secondary N) is 1. The fraction of sp³-hybridized carbons (Fsp3) is 0.269. The molecule has 0 fully saturated rings. The molecule has 66 heavy (non-hydrogen) atoms. The maximum Gasteiger partial charge on any atom is 0.316 e. The first kappa shape index (κ1) is 57.1. The number of urea groups is 1. The van der Waals surface area contributed by atoms with E-state index >= 15 is 0 Å². The second-order valence-corrected chi connectivity index (χ2v) is 14.6. The van der Waals surface area contributed by atoms with Crippen LogP contribution in [0.25, 0.3) is 0 Å². The number of para-hydroxylation sites is 1. The lowest BCUT2D eigenvalue weighted by atomic mass is 10.1. The molecular formula is C52H71N9O5. The summed E-state index contributed by atoms with van der Waals surface area (Å²) in [6, 6.07) is 44.5. The summed E-state index contributed by atoms with van der Waals surface area (Å²) in [7, 11) is 1.68. The molecule has 0 aliphatic rings. The zero-order valence-corrected chi connectivity index (χ0v) is 38.4. The normalized spacial score (nSPS) is 9.62. The number of nitrogens with zero attached hydrogens (tertiary/aromatic N) is 1. The monoisotopic (exact) mass is 902 g/mol. The molecule has 0 radical (unpaired) electrons. The number of hydrogen-bond donors (Lipinski definition) is 11. The van der Waals surface area contributed by atoms with Gasteiger partial charge in [-0.15, -0.1) is 0 Å². The molecule has 0 atom stereocenters. The van der Waals surface area contributed by atoms with Crippen LogP contribution in [0.4, 0.5) is 10.5 Å². The minimum atomic E-state index is -0.549. The maximum absolute atomic E-state index is 10.5. The van der Waals surface area contributed by atoms with Gasteiger partial charge < -0.3 is 65.5 Å². The predicted molar refractivity (Wildman–Crippen MR) is 269 cm³/mol. The molecule has 6 rings (SSSR count). The van der Waals surface area contributed by atoms with Crippen LogP contribution in [-0.4, -0.2) is 67.7 Å². The number of nitrogens with two attached hydrogens (primary N) is 7. The smallest absolute Gasteiger partial charge is 0.316 e. The van der Waals surface area contributed by atoms with E-state index in [0.717, 1.165) is 61.1 Å². The van der Waals surface area contributed by atoms with Gasteiger partial charge in [-0.2, -0.15) is 5.26 Å². The molecule has 6 aromatic carbocycles. The van der Waals surface area contributed by atoms with E-state index < -0.39 is 6.03 Å². The van der Waals surface area contributed by atoms with Gasteiger partial charge in [-0.3, -0.25) is 0 Å². The molecule has 354 valence electrons. The number of rotatable bonds is 14. The molecule has 0 aromatic heterocycles. The van der Waals surface area contributed by atoms with Crippen LogP contribution in [-0.2, 0) is 38.5 Å². The van der Waals surface area contributed by atoms with Crippen LogP contribution in [0, 0.1) is 18.3 Å². The number of phenols is 3. The summed E-state index contributed by atoms with van der Waals surface area (Å²) < 4.78 is 5.14. The lowest BCUT2D eigenvalue weighted by Gasteiger charge is -2.05. The largest absolute Gasteiger partial charge is 0.508 e. The molecule has 0 unspecified atom stereocenters. The number of primary amides is 1. The summed E-state index contributed by atoms with van der Waals surface area (Å²) in [4.78, 5) is 10.5. The first-order chi connectivity index (χ1) is 31.8. The summed E-state index contributed by atoms with van der Waals surface area (Å²) in [5.41, 5.74) is 46.6. The zero-order chi connectivity index (χ0) is 49.0. The highest BCUT2D eigenvalue weighted by Gasteiger charge is 2.00. The summed E-state index contributed by atoms with van der Waals surface area (Å²) >= 11 is 0. The second-order valence-electron chi connectivity index (χ2n) is 14.6. The summed E-state index contributed by atoms with van der Waals surface area (Å²) in [6.45, 7) is 5.93. The van der Waals surface area contributed by atoms with Gasteiger partial charge in [0.1, 0.15) is 23.0 Å². The molecule has 0 saturated carbocycles. The van der Waals surface area contributed by atoms with E-state index in [0.29, 0.717) is 56.1 Å². The number of amides is 2. The molecule has 14 heteroatoms. The van der Waals surface area contributed by atoms with Gasteiger partial charge in [0.05, 0.1) is 18.7 Å². The number of anilines is 1. The van der Waals surface area contributed by atoms with Crippen LogP contribution in [0.2, 0.25) is 0 Å². The summed E-state index contributed by atoms with van der Waals surface area (Å²) in [5, 5.41) is 38.0. The molecule has 0 bridgehead atoms. The van der Waals surface area contributed by atoms with Crippen molar-refractivity contribution in [3.63, 3.8) is 0 Å². The van der Waals surface area contributed by atoms with Crippen LogP contribution < -0.4 is 50.2 Å². The Labute approximate surface area is 391 Å². The number of benzene rings is 6. The number of methoxy groups -OCH3 is 1. The summed E-state index contributed by atoms with van der Waals surface area (Å²) in [6.07, 6.45) is 5.09. The van der Waals surface area contributed by atoms with Gasteiger partial charge in [0.2, 0.25) is 0 Å². The first-order valence-electron chi connectivity index (χ1n) is 21.7. The Hall–Kier alpha value is -6.96. The second kappa shape index (κ2) is 35.4. The molecule has 0 saturated heterocycles. The number of aryl methyl sites for hydroxylation is 1. The standard InChI is InChI=1S/C9H13N3O.C9H10N2.C9H13NO.C9H13N.C8H11NO2.C8H11NO/c10-6-5-7-1-3-8(4-2-7)12-9(11)13;10-6-5-8-1-3-9(7-11)4-2-8;1-11-9-5-3-2-4-8(9)6-7-10;1-8-2-4-9(5-3-8)6-7-10;9-2-1-6-3-7(10)5-8(11)4-6;9-5-4-7-2-1-3-8(10)6-7/h1-4H,5-6,10H2,(H3,11,12,13);1-4H,5-6,10H2;2-5H,6-7,10H2,1H3;2-5H,6-7,10H2,1H3;3-5,10-11H,1-2,9H2;1-3,6,10H,4-5,9H2. The Morgan fingerprint density at radius 1 is 0.530 bits per heavy atom. The number of aromatic hydroxyl groups is 3. The molecule has 0 spiro atoms. The topological polar surface area (TPSA) is 305 Å². The van der Waals surface area contributed by atoms with E-state index in [1.165, 1.54) is 28.3 Å². The molecule has 0 heterocycles. The van der Waals surface area contributed by atoms with Crippen molar-refractivity contribution in [2.24, 2.45) is 40.1 Å². The number of hydrogen-bond acceptors (Lipinski definition) is 12. The molecule has 6 aromatic rings. The van der Waals surface area contributed by atoms with Gasteiger partial charge in [-0.1, -0.05) is 84.4 Å². The van der Waals surface area contributed by atoms with E-state index in [1.54, 1.807) is 43.5 Å². The Kier molecular flexibility index (Phi) is 30.6. The summed E-state index contributed by atoms with van der Waals surface area (Å²) in [5.74, 6) is 1.39. The minimum absolute atomic E-state index is 0.0773. The number of ether oxygens (including phenoxy) is 1. The van der Waals surface area contributed by atoms with Crippen molar-refractivity contribution in [1.29, 1.82) is 5.26 Å². The zero-order valence-electron chi connectivity index (χ0n) is 38.4. The van der Waals surface area contributed by atoms with Crippen molar-refractivity contribution < 1.29 is 24.9 Å². The Balaban J connectivity index is 0.000000397. The predicted octanol–water partition coefficient (Wildman–Crippen LogP) is 5.92. The third-order valence-electron chi connectivity index (χ3n) is 9.07. The molecule has 0 aliphatic carbocycles. The van der Waals surface area contributed by atoms with Gasteiger partial charge >= 0.3 is 6.03 Å². The van der Waals surface area contributed by atoms with Gasteiger partial charge in [0.15, 0.2) is 0 Å². The highest BCUT2D eigenvalue weighted by Crippen LogP contribution is 2.20. The number of carbonyl (C=O) groups is 1. The fourth-order valence-electron chi connectivity index (χ4n) is 5.81. The van der Waals surface area contributed by atoms with Gasteiger partial charge in [0.25, 0.3) is 0 Å². The highest BCUT2D eigenvalue weighted by molar-refractivity contribution is 5.87. The van der Waals surface area contributed by atoms with Crippen molar-refractivity contribution in [2.45, 2.75) is 45.4 Å². The van der Waals surface area contributed by atoms with Gasteiger partial charge in [-0.25, -0.2) is 4.79 Å². The average Bonchev–Trinajstić information content (AvgIpc) is 3.30. The lowest BCUT2D eigenvalue weighted by Crippen LogP contribution is -2.19. The SMILES string of the molecule is COc1ccccc1CCN.Cc1ccc(CCN)cc1.N#Cc1ccc(CCN)cc1.NCCc1cc(O)cc(O)c1.NCCc1ccc(NC(N)=O)cc1.NCCc1cccc(O)c1. The van der Waals surface area contributed by atoms with Crippen LogP contribution in [0.3, 0.4) is 0 Å². The lowest BCUT2D eigenvalue weighted by molar-refractivity contribution is 0.259. The number of nitriles is 1. The van der Waals surface area contributed by atoms with Crippen LogP contribution in [0.15, 0.2) is 140 Å². The third kappa shape index (κ3) is 26.6. The molecular weight excluding hydrogens is 831 g/mol. The Morgan fingerprint density at radius 2 is 0.970 bits per heavy atom. The van der Waals surface area contributed by atoms with Crippen LogP contribution in [0.1, 0.15) is 44.5 Å². The van der Waals surface area contributed by atoms with E-state index in [-0.39, 0.29) is 11.5 Å². The van der Waals surface area contributed by atoms with E-state index in [2.05, 4.69) is 42.6 Å². The van der Waals surface area contributed by atoms with Gasteiger partial charge in [-0.05, 0) is 173 Å². The first-order valence-corrected chi connectivity index (χ1v) is 21.7. The maximum atomic E-state index is 10.5. The number of phenolic OH excluding ortho intramolecular Hbond substituents is 3. The van der Waals surface area contributed by atoms with Crippen LogP contribution in [0.5, 0.6) is 23.0 Å². The molecule has 2 amide bonds. The van der Waals surface area contributed by atoms with Crippen molar-refractivity contribution in [3.05, 3.63) is 184 Å². The number of carbonyl (C=O) groups excluding carboxylic acids is 1. The highest BCUT2D eigenvalue weighted by atomic mass is 16.5. The quantitative estimate of drug-likeness (QED) is 0.0607. The minimum Gasteiger partial charge on any atom is -0.508 e. The third-order valence-corrected chi connectivity index (χ3v) is 9.07. The van der Waals surface area contributed by atoms with E-state index in [9.17, 15) is 4.79 Å². The molecule has 0 aliphatic heterocycles. The van der Waals surface area contributed by atoms with E-state index in [4.69, 9.17) is 65.5 Å². The van der Waals surface area contributed by atoms with Crippen molar-refractivity contribution in [1.82, 2.24) is 0 Å². The van der Waals surface area contributed by atoms with Gasteiger partial charge in [0, 0.05) is 11.8 Å². The van der Waals surface area contributed by atoms with E-state index in [1.807, 2.05) is 72.8 Å². The van der Waals surface area contributed by atoms with Crippen molar-refractivity contribution >= 4 is 11.7 Å². The Bertz CT molecular complexity index is 2210. The van der Waals surface area contributed by atoms with Crippen molar-refractivity contribution in [3.8, 4) is 29.1 Å². The van der Waals surface area contributed by atoms with Crippen LogP contribution >= 0.6 is 0 Å². The molecule has 18 N–H and O–H groups in total. The molecule has 14 nitrogen and oxygen atoms in total. The average molecular weight is 902 g/mol. The Morgan fingerprint density at radius 3 is 1.42 bits per heavy atom.